The van der Waals surface area contributed by atoms with Crippen LogP contribution in [0.4, 0.5) is 0 Å². The second-order valence-corrected chi connectivity index (χ2v) is 8.27. The SMILES string of the molecule is Cc1ccc(S(=O)(=O)N2CCC(Oc3cccnn3)C2)s1. The second-order valence-electron chi connectivity index (χ2n) is 4.82. The smallest absolute Gasteiger partial charge is 0.252 e. The van der Waals surface area contributed by atoms with Crippen LogP contribution in [0.2, 0.25) is 0 Å². The Morgan fingerprint density at radius 2 is 2.24 bits per heavy atom. The molecule has 21 heavy (non-hydrogen) atoms. The second kappa shape index (κ2) is 5.70. The number of rotatable bonds is 4. The van der Waals surface area contributed by atoms with Crippen molar-refractivity contribution in [2.75, 3.05) is 13.1 Å². The van der Waals surface area contributed by atoms with E-state index in [0.29, 0.717) is 29.6 Å². The third-order valence-corrected chi connectivity index (χ3v) is 6.59. The van der Waals surface area contributed by atoms with E-state index < -0.39 is 10.0 Å². The van der Waals surface area contributed by atoms with Crippen LogP contribution in [0, 0.1) is 6.92 Å². The van der Waals surface area contributed by atoms with E-state index in [4.69, 9.17) is 4.74 Å². The standard InChI is InChI=1S/C13H15N3O3S2/c1-10-4-5-13(20-10)21(17,18)16-8-6-11(9-16)19-12-3-2-7-14-15-12/h2-5,7,11H,6,8-9H2,1H3. The molecule has 0 saturated carbocycles. The summed E-state index contributed by atoms with van der Waals surface area (Å²) in [5.41, 5.74) is 0. The maximum atomic E-state index is 12.5. The molecule has 1 atom stereocenters. The lowest BCUT2D eigenvalue weighted by atomic mass is 10.3. The molecule has 1 fully saturated rings. The molecular formula is C13H15N3O3S2. The van der Waals surface area contributed by atoms with Crippen LogP contribution < -0.4 is 4.74 Å². The van der Waals surface area contributed by atoms with E-state index in [2.05, 4.69) is 10.2 Å². The maximum absolute atomic E-state index is 12.5. The van der Waals surface area contributed by atoms with Crippen molar-refractivity contribution in [2.24, 2.45) is 0 Å². The molecule has 0 bridgehead atoms. The van der Waals surface area contributed by atoms with E-state index in [1.807, 2.05) is 13.0 Å². The maximum Gasteiger partial charge on any atom is 0.252 e. The summed E-state index contributed by atoms with van der Waals surface area (Å²) in [6.45, 7) is 2.70. The highest BCUT2D eigenvalue weighted by atomic mass is 32.2. The summed E-state index contributed by atoms with van der Waals surface area (Å²) < 4.78 is 32.5. The number of hydrogen-bond acceptors (Lipinski definition) is 6. The Bertz CT molecular complexity index is 715. The van der Waals surface area contributed by atoms with Gasteiger partial charge in [0.25, 0.3) is 10.0 Å². The van der Waals surface area contributed by atoms with E-state index in [1.54, 1.807) is 24.4 Å². The quantitative estimate of drug-likeness (QED) is 0.855. The van der Waals surface area contributed by atoms with Crippen molar-refractivity contribution in [3.05, 3.63) is 35.3 Å². The summed E-state index contributed by atoms with van der Waals surface area (Å²) in [5, 5.41) is 7.59. The van der Waals surface area contributed by atoms with Crippen LogP contribution in [-0.2, 0) is 10.0 Å². The zero-order valence-electron chi connectivity index (χ0n) is 11.5. The summed E-state index contributed by atoms with van der Waals surface area (Å²) in [6.07, 6.45) is 2.04. The topological polar surface area (TPSA) is 72.4 Å². The molecule has 0 aromatic carbocycles. The zero-order chi connectivity index (χ0) is 14.9. The van der Waals surface area contributed by atoms with E-state index in [1.165, 1.54) is 15.6 Å². The highest BCUT2D eigenvalue weighted by molar-refractivity contribution is 7.91. The van der Waals surface area contributed by atoms with Gasteiger partial charge in [0.05, 0.1) is 6.54 Å². The monoisotopic (exact) mass is 325 g/mol. The van der Waals surface area contributed by atoms with Crippen LogP contribution in [0.3, 0.4) is 0 Å². The van der Waals surface area contributed by atoms with Crippen molar-refractivity contribution in [3.63, 3.8) is 0 Å². The molecule has 0 N–H and O–H groups in total. The average Bonchev–Trinajstić information content (AvgIpc) is 3.10. The third-order valence-electron chi connectivity index (χ3n) is 3.25. The number of thiophene rings is 1. The normalized spacial score (nSPS) is 19.8. The van der Waals surface area contributed by atoms with Gasteiger partial charge in [0, 0.05) is 23.7 Å². The van der Waals surface area contributed by atoms with E-state index in [-0.39, 0.29) is 6.10 Å². The van der Waals surface area contributed by atoms with Gasteiger partial charge in [0.2, 0.25) is 5.88 Å². The van der Waals surface area contributed by atoms with E-state index in [9.17, 15) is 8.42 Å². The number of ether oxygens (including phenoxy) is 1. The van der Waals surface area contributed by atoms with Gasteiger partial charge in [-0.25, -0.2) is 8.42 Å². The Balaban J connectivity index is 1.69. The van der Waals surface area contributed by atoms with Crippen molar-refractivity contribution in [3.8, 4) is 5.88 Å². The molecule has 2 aromatic rings. The zero-order valence-corrected chi connectivity index (χ0v) is 13.1. The van der Waals surface area contributed by atoms with Crippen LogP contribution in [-0.4, -0.2) is 42.1 Å². The Morgan fingerprint density at radius 3 is 2.90 bits per heavy atom. The van der Waals surface area contributed by atoms with Crippen LogP contribution in [0.25, 0.3) is 0 Å². The first-order valence-electron chi connectivity index (χ1n) is 6.56. The van der Waals surface area contributed by atoms with Gasteiger partial charge >= 0.3 is 0 Å². The van der Waals surface area contributed by atoms with Crippen LogP contribution in [0.1, 0.15) is 11.3 Å². The Hall–Kier alpha value is -1.51. The number of hydrogen-bond donors (Lipinski definition) is 0. The Morgan fingerprint density at radius 1 is 1.38 bits per heavy atom. The highest BCUT2D eigenvalue weighted by Gasteiger charge is 2.34. The van der Waals surface area contributed by atoms with Crippen LogP contribution in [0.5, 0.6) is 5.88 Å². The van der Waals surface area contributed by atoms with Gasteiger partial charge in [-0.15, -0.1) is 16.4 Å². The summed E-state index contributed by atoms with van der Waals surface area (Å²) in [5.74, 6) is 0.425. The minimum atomic E-state index is -3.41. The van der Waals surface area contributed by atoms with Crippen LogP contribution in [0.15, 0.2) is 34.7 Å². The van der Waals surface area contributed by atoms with Crippen LogP contribution >= 0.6 is 11.3 Å². The van der Waals surface area contributed by atoms with Gasteiger partial charge in [0.15, 0.2) is 0 Å². The van der Waals surface area contributed by atoms with Gasteiger partial charge in [-0.2, -0.15) is 9.40 Å². The molecule has 3 rings (SSSR count). The molecule has 1 saturated heterocycles. The van der Waals surface area contributed by atoms with Gasteiger partial charge in [0.1, 0.15) is 10.3 Å². The predicted octanol–water partition coefficient (Wildman–Crippen LogP) is 1.69. The largest absolute Gasteiger partial charge is 0.472 e. The first-order chi connectivity index (χ1) is 10.1. The molecule has 6 nitrogen and oxygen atoms in total. The lowest BCUT2D eigenvalue weighted by Crippen LogP contribution is -2.30. The van der Waals surface area contributed by atoms with Gasteiger partial charge in [-0.3, -0.25) is 0 Å². The third kappa shape index (κ3) is 3.07. The summed E-state index contributed by atoms with van der Waals surface area (Å²) in [7, 11) is -3.41. The number of sulfonamides is 1. The molecule has 8 heteroatoms. The van der Waals surface area contributed by atoms with E-state index in [0.717, 1.165) is 4.88 Å². The molecule has 2 aromatic heterocycles. The van der Waals surface area contributed by atoms with Gasteiger partial charge in [-0.05, 0) is 31.5 Å². The van der Waals surface area contributed by atoms with Gasteiger partial charge in [-0.1, -0.05) is 0 Å². The fourth-order valence-electron chi connectivity index (χ4n) is 2.21. The number of aromatic nitrogens is 2. The molecule has 0 spiro atoms. The lowest BCUT2D eigenvalue weighted by Gasteiger charge is -2.15. The molecule has 1 aliphatic rings. The molecule has 1 unspecified atom stereocenters. The predicted molar refractivity (Wildman–Crippen MR) is 78.9 cm³/mol. The van der Waals surface area contributed by atoms with Crippen molar-refractivity contribution >= 4 is 21.4 Å². The average molecular weight is 325 g/mol. The van der Waals surface area contributed by atoms with E-state index >= 15 is 0 Å². The molecule has 0 aliphatic carbocycles. The first-order valence-corrected chi connectivity index (χ1v) is 8.82. The van der Waals surface area contributed by atoms with Crippen molar-refractivity contribution in [2.45, 2.75) is 23.7 Å². The fraction of sp³-hybridized carbons (Fsp3) is 0.385. The summed E-state index contributed by atoms with van der Waals surface area (Å²) >= 11 is 1.29. The Kier molecular flexibility index (Phi) is 3.92. The minimum absolute atomic E-state index is 0.183. The number of nitrogens with zero attached hydrogens (tertiary/aromatic N) is 3. The highest BCUT2D eigenvalue weighted by Crippen LogP contribution is 2.27. The molecule has 1 aliphatic heterocycles. The fourth-order valence-corrected chi connectivity index (χ4v) is 5.14. The lowest BCUT2D eigenvalue weighted by molar-refractivity contribution is 0.204. The van der Waals surface area contributed by atoms with Crippen molar-refractivity contribution < 1.29 is 13.2 Å². The first kappa shape index (κ1) is 14.4. The van der Waals surface area contributed by atoms with Crippen molar-refractivity contribution in [1.82, 2.24) is 14.5 Å². The molecule has 0 amide bonds. The van der Waals surface area contributed by atoms with Gasteiger partial charge < -0.3 is 4.74 Å². The summed E-state index contributed by atoms with van der Waals surface area (Å²) in [6, 6.07) is 6.93. The number of aryl methyl sites for hydroxylation is 1. The van der Waals surface area contributed by atoms with Crippen molar-refractivity contribution in [1.29, 1.82) is 0 Å². The molecule has 112 valence electrons. The summed E-state index contributed by atoms with van der Waals surface area (Å²) in [4.78, 5) is 0.986. The molecule has 3 heterocycles. The molecular weight excluding hydrogens is 310 g/mol. The Labute approximate surface area is 127 Å². The molecule has 0 radical (unpaired) electrons. The minimum Gasteiger partial charge on any atom is -0.472 e.